The lowest BCUT2D eigenvalue weighted by Gasteiger charge is -2.31. The molecule has 1 saturated heterocycles. The Balaban J connectivity index is 1.36. The fraction of sp³-hybridized carbons (Fsp3) is 0.480. The van der Waals surface area contributed by atoms with Crippen molar-refractivity contribution in [3.63, 3.8) is 0 Å². The number of aryl methyl sites for hydroxylation is 1. The van der Waals surface area contributed by atoms with Gasteiger partial charge in [-0.05, 0) is 42.3 Å². The zero-order valence-corrected chi connectivity index (χ0v) is 19.6. The maximum absolute atomic E-state index is 13.2. The zero-order chi connectivity index (χ0) is 22.7. The Morgan fingerprint density at radius 1 is 1.22 bits per heavy atom. The van der Waals surface area contributed by atoms with Crippen LogP contribution in [0.2, 0.25) is 0 Å². The van der Waals surface area contributed by atoms with E-state index in [1.54, 1.807) is 16.2 Å². The second-order valence-corrected chi connectivity index (χ2v) is 9.89. The number of amides is 3. The van der Waals surface area contributed by atoms with E-state index in [0.717, 1.165) is 18.4 Å². The summed E-state index contributed by atoms with van der Waals surface area (Å²) in [7, 11) is 0. The van der Waals surface area contributed by atoms with Crippen LogP contribution in [-0.4, -0.2) is 46.7 Å². The highest BCUT2D eigenvalue weighted by Crippen LogP contribution is 2.25. The number of likely N-dealkylation sites (tertiary alicyclic amines) is 1. The van der Waals surface area contributed by atoms with Crippen LogP contribution in [0.1, 0.15) is 47.8 Å². The minimum atomic E-state index is -0.533. The summed E-state index contributed by atoms with van der Waals surface area (Å²) < 4.78 is 0. The van der Waals surface area contributed by atoms with Crippen LogP contribution in [0.3, 0.4) is 0 Å². The van der Waals surface area contributed by atoms with Crippen LogP contribution in [0.15, 0.2) is 35.7 Å². The molecule has 2 atom stereocenters. The van der Waals surface area contributed by atoms with Crippen LogP contribution in [-0.2, 0) is 33.9 Å². The first kappa shape index (κ1) is 22.5. The molecule has 32 heavy (non-hydrogen) atoms. The monoisotopic (exact) mass is 453 g/mol. The molecule has 7 heteroatoms. The van der Waals surface area contributed by atoms with Gasteiger partial charge in [-0.3, -0.25) is 14.4 Å². The quantitative estimate of drug-likeness (QED) is 0.700. The summed E-state index contributed by atoms with van der Waals surface area (Å²) in [4.78, 5) is 43.7. The molecule has 2 aliphatic rings. The van der Waals surface area contributed by atoms with Gasteiger partial charge in [-0.1, -0.05) is 43.2 Å². The van der Waals surface area contributed by atoms with Gasteiger partial charge >= 0.3 is 0 Å². The highest BCUT2D eigenvalue weighted by Gasteiger charge is 2.36. The summed E-state index contributed by atoms with van der Waals surface area (Å²) in [6.07, 6.45) is 2.48. The number of carbonyl (C=O) groups is 3. The van der Waals surface area contributed by atoms with Gasteiger partial charge in [-0.25, -0.2) is 0 Å². The van der Waals surface area contributed by atoms with Crippen molar-refractivity contribution in [2.45, 2.75) is 58.7 Å². The van der Waals surface area contributed by atoms with E-state index in [1.807, 2.05) is 43.0 Å². The molecule has 3 amide bonds. The fourth-order valence-electron chi connectivity index (χ4n) is 4.51. The van der Waals surface area contributed by atoms with Crippen molar-refractivity contribution < 1.29 is 14.4 Å². The Labute approximate surface area is 193 Å². The summed E-state index contributed by atoms with van der Waals surface area (Å²) in [6.45, 7) is 6.25. The number of nitrogens with one attached hydrogen (secondary N) is 1. The molecule has 1 N–H and O–H groups in total. The Morgan fingerprint density at radius 2 is 2.00 bits per heavy atom. The third kappa shape index (κ3) is 5.04. The standard InChI is InChI=1S/C25H31N3O3S/c1-3-4-21(25(31)27-11-9-22-19(15-27)10-12-32-22)26-24(30)20-13-23(29)28(16-20)14-18-7-5-17(2)6-8-18/h5-8,10,12,20-21H,3-4,9,11,13-16H2,1-2H3,(H,26,30). The molecule has 1 aromatic carbocycles. The van der Waals surface area contributed by atoms with Crippen LogP contribution in [0.4, 0.5) is 0 Å². The van der Waals surface area contributed by atoms with Gasteiger partial charge in [0.1, 0.15) is 6.04 Å². The van der Waals surface area contributed by atoms with Gasteiger partial charge in [0.15, 0.2) is 0 Å². The van der Waals surface area contributed by atoms with Gasteiger partial charge in [-0.2, -0.15) is 0 Å². The van der Waals surface area contributed by atoms with Gasteiger partial charge in [0.25, 0.3) is 0 Å². The lowest BCUT2D eigenvalue weighted by molar-refractivity contribution is -0.138. The highest BCUT2D eigenvalue weighted by molar-refractivity contribution is 7.10. The van der Waals surface area contributed by atoms with Gasteiger partial charge in [0.2, 0.25) is 17.7 Å². The summed E-state index contributed by atoms with van der Waals surface area (Å²) in [6, 6.07) is 9.64. The third-order valence-corrected chi connectivity index (χ3v) is 7.41. The second-order valence-electron chi connectivity index (χ2n) is 8.89. The van der Waals surface area contributed by atoms with Crippen LogP contribution >= 0.6 is 11.3 Å². The molecule has 0 bridgehead atoms. The SMILES string of the molecule is CCCC(NC(=O)C1CC(=O)N(Cc2ccc(C)cc2)C1)C(=O)N1CCc2sccc2C1. The number of hydrogen-bond donors (Lipinski definition) is 1. The molecule has 2 aromatic rings. The first-order valence-corrected chi connectivity index (χ1v) is 12.3. The molecule has 1 aromatic heterocycles. The molecule has 2 aliphatic heterocycles. The molecular formula is C25H31N3O3S. The number of nitrogens with zero attached hydrogens (tertiary/aromatic N) is 2. The predicted octanol–water partition coefficient (Wildman–Crippen LogP) is 3.27. The van der Waals surface area contributed by atoms with E-state index in [1.165, 1.54) is 16.0 Å². The predicted molar refractivity (Wildman–Crippen MR) is 125 cm³/mol. The minimum Gasteiger partial charge on any atom is -0.344 e. The molecule has 6 nitrogen and oxygen atoms in total. The van der Waals surface area contributed by atoms with Gasteiger partial charge in [-0.15, -0.1) is 11.3 Å². The van der Waals surface area contributed by atoms with Crippen LogP contribution in [0.5, 0.6) is 0 Å². The average molecular weight is 454 g/mol. The number of rotatable bonds is 7. The Kier molecular flexibility index (Phi) is 6.94. The van der Waals surface area contributed by atoms with Crippen LogP contribution in [0, 0.1) is 12.8 Å². The normalized spacial score (nSPS) is 19.1. The summed E-state index contributed by atoms with van der Waals surface area (Å²) >= 11 is 1.74. The van der Waals surface area contributed by atoms with Crippen LogP contribution < -0.4 is 5.32 Å². The Bertz CT molecular complexity index is 985. The summed E-state index contributed by atoms with van der Waals surface area (Å²) in [5, 5.41) is 5.05. The van der Waals surface area contributed by atoms with Gasteiger partial charge in [0.05, 0.1) is 5.92 Å². The molecule has 0 aliphatic carbocycles. The minimum absolute atomic E-state index is 0.00916. The number of hydrogen-bond acceptors (Lipinski definition) is 4. The smallest absolute Gasteiger partial charge is 0.245 e. The molecule has 3 heterocycles. The largest absolute Gasteiger partial charge is 0.344 e. The van der Waals surface area contributed by atoms with Gasteiger partial charge in [0, 0.05) is 37.5 Å². The maximum atomic E-state index is 13.2. The van der Waals surface area contributed by atoms with Crippen molar-refractivity contribution in [3.8, 4) is 0 Å². The molecule has 0 saturated carbocycles. The molecule has 0 radical (unpaired) electrons. The fourth-order valence-corrected chi connectivity index (χ4v) is 5.40. The third-order valence-electron chi connectivity index (χ3n) is 6.39. The molecule has 1 fully saturated rings. The molecule has 170 valence electrons. The molecule has 0 spiro atoms. The summed E-state index contributed by atoms with van der Waals surface area (Å²) in [5.41, 5.74) is 3.44. The van der Waals surface area contributed by atoms with E-state index in [2.05, 4.69) is 16.8 Å². The van der Waals surface area contributed by atoms with E-state index in [-0.39, 0.29) is 24.1 Å². The van der Waals surface area contributed by atoms with E-state index in [0.29, 0.717) is 32.6 Å². The average Bonchev–Trinajstić information content (AvgIpc) is 3.40. The summed E-state index contributed by atoms with van der Waals surface area (Å²) in [5.74, 6) is -0.627. The van der Waals surface area contributed by atoms with Gasteiger partial charge < -0.3 is 15.1 Å². The number of thiophene rings is 1. The lowest BCUT2D eigenvalue weighted by atomic mass is 10.0. The van der Waals surface area contributed by atoms with Crippen molar-refractivity contribution in [1.82, 2.24) is 15.1 Å². The van der Waals surface area contributed by atoms with E-state index < -0.39 is 12.0 Å². The Hall–Kier alpha value is -2.67. The maximum Gasteiger partial charge on any atom is 0.245 e. The number of fused-ring (bicyclic) bond motifs is 1. The lowest BCUT2D eigenvalue weighted by Crippen LogP contribution is -2.51. The molecule has 4 rings (SSSR count). The Morgan fingerprint density at radius 3 is 2.75 bits per heavy atom. The molecular weight excluding hydrogens is 422 g/mol. The first-order chi connectivity index (χ1) is 15.4. The second kappa shape index (κ2) is 9.86. The van der Waals surface area contributed by atoms with Crippen molar-refractivity contribution in [2.24, 2.45) is 5.92 Å². The van der Waals surface area contributed by atoms with Crippen molar-refractivity contribution in [3.05, 3.63) is 57.3 Å². The van der Waals surface area contributed by atoms with Crippen LogP contribution in [0.25, 0.3) is 0 Å². The number of benzene rings is 1. The first-order valence-electron chi connectivity index (χ1n) is 11.4. The number of carbonyl (C=O) groups excluding carboxylic acids is 3. The van der Waals surface area contributed by atoms with E-state index >= 15 is 0 Å². The van der Waals surface area contributed by atoms with E-state index in [4.69, 9.17) is 0 Å². The van der Waals surface area contributed by atoms with E-state index in [9.17, 15) is 14.4 Å². The highest BCUT2D eigenvalue weighted by atomic mass is 32.1. The van der Waals surface area contributed by atoms with Crippen molar-refractivity contribution >= 4 is 29.1 Å². The van der Waals surface area contributed by atoms with Crippen molar-refractivity contribution in [1.29, 1.82) is 0 Å². The molecule has 2 unspecified atom stereocenters. The zero-order valence-electron chi connectivity index (χ0n) is 18.8. The van der Waals surface area contributed by atoms with Crippen molar-refractivity contribution in [2.75, 3.05) is 13.1 Å². The topological polar surface area (TPSA) is 69.7 Å².